The van der Waals surface area contributed by atoms with Gasteiger partial charge in [0.1, 0.15) is 5.82 Å². The number of nitrogens with one attached hydrogen (secondary N) is 1. The van der Waals surface area contributed by atoms with Gasteiger partial charge in [-0.3, -0.25) is 4.79 Å². The Labute approximate surface area is 120 Å². The molecule has 0 aliphatic carbocycles. The van der Waals surface area contributed by atoms with Gasteiger partial charge in [-0.05, 0) is 24.3 Å². The quantitative estimate of drug-likeness (QED) is 0.943. The van der Waals surface area contributed by atoms with Crippen LogP contribution in [0, 0.1) is 5.82 Å². The molecule has 1 aromatic carbocycles. The van der Waals surface area contributed by atoms with E-state index in [-0.39, 0.29) is 23.0 Å². The van der Waals surface area contributed by atoms with Crippen molar-refractivity contribution in [2.24, 2.45) is 0 Å². The zero-order valence-electron chi connectivity index (χ0n) is 10.7. The number of carbonyl (C=O) groups is 1. The van der Waals surface area contributed by atoms with Gasteiger partial charge in [0, 0.05) is 18.3 Å². The van der Waals surface area contributed by atoms with Gasteiger partial charge in [0.2, 0.25) is 5.88 Å². The van der Waals surface area contributed by atoms with Crippen molar-refractivity contribution >= 4 is 17.5 Å². The Kier molecular flexibility index (Phi) is 4.53. The first-order chi connectivity index (χ1) is 9.61. The number of methoxy groups -OCH3 is 1. The lowest BCUT2D eigenvalue weighted by Gasteiger charge is -2.09. The third-order valence-corrected chi connectivity index (χ3v) is 2.97. The first-order valence-electron chi connectivity index (χ1n) is 5.83. The predicted molar refractivity (Wildman–Crippen MR) is 73.4 cm³/mol. The lowest BCUT2D eigenvalue weighted by Crippen LogP contribution is -2.23. The third-order valence-electron chi connectivity index (χ3n) is 2.66. The highest BCUT2D eigenvalue weighted by Gasteiger charge is 2.12. The van der Waals surface area contributed by atoms with Crippen molar-refractivity contribution in [2.75, 3.05) is 7.11 Å². The maximum Gasteiger partial charge on any atom is 0.253 e. The topological polar surface area (TPSA) is 51.2 Å². The minimum atomic E-state index is -0.486. The second-order valence-corrected chi connectivity index (χ2v) is 4.39. The van der Waals surface area contributed by atoms with Gasteiger partial charge in [-0.25, -0.2) is 9.37 Å². The molecule has 0 saturated heterocycles. The average Bonchev–Trinajstić information content (AvgIpc) is 2.45. The molecule has 0 atom stereocenters. The summed E-state index contributed by atoms with van der Waals surface area (Å²) < 4.78 is 18.0. The molecule has 0 spiro atoms. The van der Waals surface area contributed by atoms with Gasteiger partial charge < -0.3 is 10.1 Å². The lowest BCUT2D eigenvalue weighted by atomic mass is 10.2. The fraction of sp³-hybridized carbons (Fsp3) is 0.143. The summed E-state index contributed by atoms with van der Waals surface area (Å²) in [5, 5.41) is 2.75. The number of ether oxygens (including phenoxy) is 1. The van der Waals surface area contributed by atoms with Crippen LogP contribution in [0.5, 0.6) is 5.88 Å². The summed E-state index contributed by atoms with van der Waals surface area (Å²) in [6.07, 6.45) is 1.60. The fourth-order valence-electron chi connectivity index (χ4n) is 1.69. The maximum atomic E-state index is 12.9. The molecule has 0 unspecified atom stereocenters. The number of hydrogen-bond donors (Lipinski definition) is 1. The van der Waals surface area contributed by atoms with E-state index in [1.165, 1.54) is 19.2 Å². The van der Waals surface area contributed by atoms with Crippen LogP contribution in [0.4, 0.5) is 4.39 Å². The van der Waals surface area contributed by atoms with Gasteiger partial charge in [0.05, 0.1) is 17.7 Å². The second-order valence-electron chi connectivity index (χ2n) is 3.98. The molecule has 0 aliphatic rings. The summed E-state index contributed by atoms with van der Waals surface area (Å²) in [5.74, 6) is -0.431. The Balaban J connectivity index is 2.09. The summed E-state index contributed by atoms with van der Waals surface area (Å²) in [5.41, 5.74) is 0.956. The summed E-state index contributed by atoms with van der Waals surface area (Å²) in [6.45, 7) is 0.240. The van der Waals surface area contributed by atoms with Crippen molar-refractivity contribution in [3.63, 3.8) is 0 Å². The molecule has 0 bridgehead atoms. The van der Waals surface area contributed by atoms with Crippen LogP contribution in [-0.4, -0.2) is 18.0 Å². The van der Waals surface area contributed by atoms with E-state index in [1.807, 2.05) is 0 Å². The maximum absolute atomic E-state index is 12.9. The number of pyridine rings is 1. The molecular formula is C14H12ClFN2O2. The van der Waals surface area contributed by atoms with E-state index < -0.39 is 5.82 Å². The Bertz CT molecular complexity index is 634. The van der Waals surface area contributed by atoms with Crippen LogP contribution in [0.15, 0.2) is 36.5 Å². The molecule has 0 fully saturated rings. The predicted octanol–water partition coefficient (Wildman–Crippen LogP) is 2.81. The lowest BCUT2D eigenvalue weighted by molar-refractivity contribution is 0.0950. The van der Waals surface area contributed by atoms with E-state index in [2.05, 4.69) is 10.3 Å². The molecule has 6 heteroatoms. The van der Waals surface area contributed by atoms with Crippen molar-refractivity contribution in [2.45, 2.75) is 6.54 Å². The normalized spacial score (nSPS) is 10.2. The Morgan fingerprint density at radius 3 is 2.95 bits per heavy atom. The van der Waals surface area contributed by atoms with E-state index in [9.17, 15) is 9.18 Å². The van der Waals surface area contributed by atoms with Crippen LogP contribution in [0.25, 0.3) is 0 Å². The van der Waals surface area contributed by atoms with Crippen LogP contribution in [0.2, 0.25) is 5.02 Å². The molecule has 0 saturated carbocycles. The molecule has 2 aromatic rings. The zero-order chi connectivity index (χ0) is 14.5. The van der Waals surface area contributed by atoms with Gasteiger partial charge in [-0.1, -0.05) is 17.7 Å². The van der Waals surface area contributed by atoms with Crippen LogP contribution in [0.1, 0.15) is 15.9 Å². The number of aromatic nitrogens is 1. The van der Waals surface area contributed by atoms with E-state index in [4.69, 9.17) is 16.3 Å². The number of rotatable bonds is 4. The van der Waals surface area contributed by atoms with Crippen LogP contribution < -0.4 is 10.1 Å². The summed E-state index contributed by atoms with van der Waals surface area (Å²) in [6, 6.07) is 7.16. The van der Waals surface area contributed by atoms with Crippen molar-refractivity contribution in [3.8, 4) is 5.88 Å². The smallest absolute Gasteiger partial charge is 0.253 e. The molecule has 0 radical (unpaired) electrons. The summed E-state index contributed by atoms with van der Waals surface area (Å²) >= 11 is 5.83. The molecule has 1 aromatic heterocycles. The number of hydrogen-bond acceptors (Lipinski definition) is 3. The van der Waals surface area contributed by atoms with Gasteiger partial charge in [0.25, 0.3) is 5.91 Å². The minimum Gasteiger partial charge on any atom is -0.481 e. The highest BCUT2D eigenvalue weighted by atomic mass is 35.5. The standard InChI is InChI=1S/C14H12ClFN2O2/c1-20-14-9(3-2-6-17-14)8-18-13(19)11-5-4-10(16)7-12(11)15/h2-7H,8H2,1H3,(H,18,19). The highest BCUT2D eigenvalue weighted by Crippen LogP contribution is 2.18. The van der Waals surface area contributed by atoms with Crippen LogP contribution in [0.3, 0.4) is 0 Å². The molecule has 2 rings (SSSR count). The first kappa shape index (κ1) is 14.3. The second kappa shape index (κ2) is 6.34. The summed E-state index contributed by atoms with van der Waals surface area (Å²) in [7, 11) is 1.50. The number of halogens is 2. The van der Waals surface area contributed by atoms with E-state index >= 15 is 0 Å². The SMILES string of the molecule is COc1ncccc1CNC(=O)c1ccc(F)cc1Cl. The molecular weight excluding hydrogens is 283 g/mol. The molecule has 0 aliphatic heterocycles. The van der Waals surface area contributed by atoms with Crippen molar-refractivity contribution in [1.82, 2.24) is 10.3 Å². The van der Waals surface area contributed by atoms with E-state index in [0.29, 0.717) is 5.88 Å². The van der Waals surface area contributed by atoms with Crippen molar-refractivity contribution < 1.29 is 13.9 Å². The number of amides is 1. The monoisotopic (exact) mass is 294 g/mol. The minimum absolute atomic E-state index is 0.0700. The largest absolute Gasteiger partial charge is 0.481 e. The fourth-order valence-corrected chi connectivity index (χ4v) is 1.94. The van der Waals surface area contributed by atoms with E-state index in [0.717, 1.165) is 11.6 Å². The Morgan fingerprint density at radius 2 is 2.25 bits per heavy atom. The first-order valence-corrected chi connectivity index (χ1v) is 6.20. The Morgan fingerprint density at radius 1 is 1.45 bits per heavy atom. The number of benzene rings is 1. The molecule has 104 valence electrons. The Hall–Kier alpha value is -2.14. The van der Waals surface area contributed by atoms with Crippen LogP contribution in [-0.2, 0) is 6.54 Å². The zero-order valence-corrected chi connectivity index (χ0v) is 11.4. The molecule has 1 heterocycles. The van der Waals surface area contributed by atoms with Crippen LogP contribution >= 0.6 is 11.6 Å². The average molecular weight is 295 g/mol. The van der Waals surface area contributed by atoms with Crippen molar-refractivity contribution in [1.29, 1.82) is 0 Å². The number of carbonyl (C=O) groups excluding carboxylic acids is 1. The van der Waals surface area contributed by atoms with Crippen molar-refractivity contribution in [3.05, 3.63) is 58.5 Å². The van der Waals surface area contributed by atoms with Gasteiger partial charge >= 0.3 is 0 Å². The third kappa shape index (κ3) is 3.24. The molecule has 1 amide bonds. The molecule has 1 N–H and O–H groups in total. The van der Waals surface area contributed by atoms with Gasteiger partial charge in [-0.2, -0.15) is 0 Å². The molecule has 4 nitrogen and oxygen atoms in total. The van der Waals surface area contributed by atoms with E-state index in [1.54, 1.807) is 18.3 Å². The van der Waals surface area contributed by atoms with Gasteiger partial charge in [0.15, 0.2) is 0 Å². The molecule has 20 heavy (non-hydrogen) atoms. The summed E-state index contributed by atoms with van der Waals surface area (Å²) in [4.78, 5) is 16.0. The number of nitrogens with zero attached hydrogens (tertiary/aromatic N) is 1. The highest BCUT2D eigenvalue weighted by molar-refractivity contribution is 6.33. The van der Waals surface area contributed by atoms with Gasteiger partial charge in [-0.15, -0.1) is 0 Å².